The van der Waals surface area contributed by atoms with Gasteiger partial charge in [-0.25, -0.2) is 0 Å². The summed E-state index contributed by atoms with van der Waals surface area (Å²) >= 11 is 9.06. The Morgan fingerprint density at radius 1 is 0.462 bits per heavy atom. The monoisotopic (exact) mass is 812 g/mol. The largest absolute Gasteiger partial charge is 0.321 e. The van der Waals surface area contributed by atoms with Crippen molar-refractivity contribution < 1.29 is 0 Å². The molecule has 0 spiro atoms. The van der Waals surface area contributed by atoms with E-state index in [9.17, 15) is 0 Å². The molecule has 4 aromatic rings. The molecule has 4 fully saturated rings. The molecule has 4 heteroatoms. The predicted molar refractivity (Wildman–Crippen MR) is 222 cm³/mol. The lowest BCUT2D eigenvalue weighted by molar-refractivity contribution is 0.288. The van der Waals surface area contributed by atoms with E-state index in [1.165, 1.54) is 140 Å². The zero-order valence-electron chi connectivity index (χ0n) is 30.5. The van der Waals surface area contributed by atoms with Gasteiger partial charge >= 0.3 is 0 Å². The summed E-state index contributed by atoms with van der Waals surface area (Å²) in [6.07, 6.45) is 23.7. The highest BCUT2D eigenvalue weighted by atomic mass is 79.9. The van der Waals surface area contributed by atoms with Crippen LogP contribution in [0.1, 0.15) is 189 Å². The van der Waals surface area contributed by atoms with Gasteiger partial charge in [0.15, 0.2) is 0 Å². The van der Waals surface area contributed by atoms with Crippen LogP contribution < -0.4 is 9.80 Å². The van der Waals surface area contributed by atoms with Crippen LogP contribution in [0.3, 0.4) is 0 Å². The van der Waals surface area contributed by atoms with Crippen molar-refractivity contribution in [3.05, 3.63) is 89.9 Å². The molecule has 16 rings (SSSR count). The van der Waals surface area contributed by atoms with Gasteiger partial charge in [-0.1, -0.05) is 37.1 Å². The number of anilines is 4. The average Bonchev–Trinajstić information content (AvgIpc) is 3.20. The highest BCUT2D eigenvalue weighted by Crippen LogP contribution is 2.66. The standard InChI is InChI=1S/C48H50Br2N2/c49-45-34-23-25-4-1-7-33(22-25)37(34)39-27-12-18-31(19-13-27)43(39)47(45)51-24-52(36-9-3-6-26-5-2-8-35(51)38(26)36)48-44-32-20-14-29(15-21-32)41(44)40-28-10-16-30(17-11-28)42(40)46(48)50/h2-3,5-6,8-9,25,27-33H,1,4,7,10-24H2. The highest BCUT2D eigenvalue weighted by Gasteiger charge is 2.48. The maximum absolute atomic E-state index is 4.53. The first-order valence-electron chi connectivity index (χ1n) is 21.5. The first-order valence-corrected chi connectivity index (χ1v) is 23.0. The summed E-state index contributed by atoms with van der Waals surface area (Å²) in [5.74, 6) is 6.06. The van der Waals surface area contributed by atoms with E-state index < -0.39 is 0 Å². The molecule has 11 aliphatic carbocycles. The molecule has 8 bridgehead atoms. The van der Waals surface area contributed by atoms with Gasteiger partial charge in [-0.15, -0.1) is 0 Å². The molecule has 1 heterocycles. The summed E-state index contributed by atoms with van der Waals surface area (Å²) < 4.78 is 2.93. The van der Waals surface area contributed by atoms with E-state index >= 15 is 0 Å². The molecule has 4 saturated carbocycles. The molecule has 12 aliphatic rings. The number of hydrogen-bond acceptors (Lipinski definition) is 2. The molecule has 52 heavy (non-hydrogen) atoms. The lowest BCUT2D eigenvalue weighted by atomic mass is 9.58. The Morgan fingerprint density at radius 2 is 0.942 bits per heavy atom. The van der Waals surface area contributed by atoms with E-state index in [1.807, 2.05) is 22.3 Å². The van der Waals surface area contributed by atoms with Crippen LogP contribution >= 0.6 is 31.9 Å². The fourth-order valence-corrected chi connectivity index (χ4v) is 16.6. The van der Waals surface area contributed by atoms with Crippen molar-refractivity contribution in [2.75, 3.05) is 16.5 Å². The van der Waals surface area contributed by atoms with E-state index in [0.717, 1.165) is 42.2 Å². The number of halogens is 2. The van der Waals surface area contributed by atoms with E-state index in [1.54, 1.807) is 33.6 Å². The molecular formula is C48H50Br2N2. The molecule has 1 aliphatic heterocycles. The third-order valence-electron chi connectivity index (χ3n) is 16.8. The Morgan fingerprint density at radius 3 is 1.52 bits per heavy atom. The summed E-state index contributed by atoms with van der Waals surface area (Å²) in [6, 6.07) is 14.4. The summed E-state index contributed by atoms with van der Waals surface area (Å²) in [5.41, 5.74) is 20.3. The number of rotatable bonds is 2. The van der Waals surface area contributed by atoms with Crippen LogP contribution in [0.2, 0.25) is 0 Å². The molecule has 2 nitrogen and oxygen atoms in total. The van der Waals surface area contributed by atoms with Crippen molar-refractivity contribution in [3.8, 4) is 0 Å². The SMILES string of the molecule is Brc1c2c(c3c(c1N1CN(c4c(Br)c5c(c6c4C4CCC6CC4)C4CCC5CC4)c4cccc5cccc1c45)C1CCC3CC1)C1CCCC(C2)C1. The fourth-order valence-electron chi connectivity index (χ4n) is 14.8. The molecule has 0 N–H and O–H groups in total. The second kappa shape index (κ2) is 11.1. The Hall–Kier alpha value is -2.30. The Kier molecular flexibility index (Phi) is 6.64. The van der Waals surface area contributed by atoms with Gasteiger partial charge in [0.25, 0.3) is 0 Å². The van der Waals surface area contributed by atoms with Crippen LogP contribution in [0.5, 0.6) is 0 Å². The van der Waals surface area contributed by atoms with Crippen LogP contribution in [0, 0.1) is 5.92 Å². The Labute approximate surface area is 326 Å². The molecule has 2 atom stereocenters. The molecular weight excluding hydrogens is 764 g/mol. The minimum Gasteiger partial charge on any atom is -0.321 e. The zero-order valence-corrected chi connectivity index (χ0v) is 33.6. The molecule has 4 aromatic carbocycles. The van der Waals surface area contributed by atoms with Gasteiger partial charge in [-0.05, 0) is 238 Å². The third kappa shape index (κ3) is 3.98. The second-order valence-corrected chi connectivity index (χ2v) is 20.5. The highest BCUT2D eigenvalue weighted by molar-refractivity contribution is 9.11. The van der Waals surface area contributed by atoms with Crippen molar-refractivity contribution in [2.24, 2.45) is 5.92 Å². The summed E-state index contributed by atoms with van der Waals surface area (Å²) in [6.45, 7) is 0.888. The first-order chi connectivity index (χ1) is 25.6. The minimum absolute atomic E-state index is 0.692. The van der Waals surface area contributed by atoms with Crippen LogP contribution in [-0.4, -0.2) is 6.67 Å². The van der Waals surface area contributed by atoms with Crippen LogP contribution in [-0.2, 0) is 6.42 Å². The van der Waals surface area contributed by atoms with Crippen molar-refractivity contribution in [1.82, 2.24) is 0 Å². The van der Waals surface area contributed by atoms with E-state index in [0.29, 0.717) is 11.8 Å². The van der Waals surface area contributed by atoms with Crippen LogP contribution in [0.4, 0.5) is 22.7 Å². The summed E-state index contributed by atoms with van der Waals surface area (Å²) in [7, 11) is 0. The van der Waals surface area contributed by atoms with Gasteiger partial charge in [0, 0.05) is 14.3 Å². The maximum Gasteiger partial charge on any atom is 0.100 e. The van der Waals surface area contributed by atoms with Gasteiger partial charge in [0.2, 0.25) is 0 Å². The normalized spacial score (nSPS) is 32.9. The van der Waals surface area contributed by atoms with E-state index in [-0.39, 0.29) is 0 Å². The second-order valence-electron chi connectivity index (χ2n) is 18.9. The predicted octanol–water partition coefficient (Wildman–Crippen LogP) is 14.7. The van der Waals surface area contributed by atoms with Gasteiger partial charge in [-0.3, -0.25) is 0 Å². The number of nitrogens with zero attached hydrogens (tertiary/aromatic N) is 2. The van der Waals surface area contributed by atoms with Gasteiger partial charge in [0.1, 0.15) is 6.67 Å². The van der Waals surface area contributed by atoms with Gasteiger partial charge in [-0.2, -0.15) is 0 Å². The van der Waals surface area contributed by atoms with E-state index in [4.69, 9.17) is 0 Å². The lowest BCUT2D eigenvalue weighted by Crippen LogP contribution is -2.40. The first kappa shape index (κ1) is 31.0. The zero-order chi connectivity index (χ0) is 34.0. The third-order valence-corrected chi connectivity index (χ3v) is 18.4. The molecule has 0 amide bonds. The number of benzene rings is 4. The van der Waals surface area contributed by atoms with Gasteiger partial charge < -0.3 is 9.80 Å². The molecule has 0 aromatic heterocycles. The lowest BCUT2D eigenvalue weighted by Gasteiger charge is -2.51. The molecule has 2 unspecified atom stereocenters. The smallest absolute Gasteiger partial charge is 0.100 e. The van der Waals surface area contributed by atoms with E-state index in [2.05, 4.69) is 78.1 Å². The molecule has 0 radical (unpaired) electrons. The van der Waals surface area contributed by atoms with Crippen molar-refractivity contribution in [1.29, 1.82) is 0 Å². The molecule has 0 saturated heterocycles. The Bertz CT molecular complexity index is 2210. The maximum atomic E-state index is 4.53. The topological polar surface area (TPSA) is 6.48 Å². The summed E-state index contributed by atoms with van der Waals surface area (Å²) in [4.78, 5) is 5.71. The van der Waals surface area contributed by atoms with Crippen molar-refractivity contribution in [2.45, 2.75) is 151 Å². The van der Waals surface area contributed by atoms with Crippen molar-refractivity contribution >= 4 is 65.4 Å². The summed E-state index contributed by atoms with van der Waals surface area (Å²) in [5, 5.41) is 2.83. The average molecular weight is 815 g/mol. The quantitative estimate of drug-likeness (QED) is 0.199. The number of hydrogen-bond donors (Lipinski definition) is 0. The fraction of sp³-hybridized carbons (Fsp3) is 0.542. The molecule has 266 valence electrons. The van der Waals surface area contributed by atoms with Crippen LogP contribution in [0.15, 0.2) is 45.3 Å². The minimum atomic E-state index is 0.692. The number of fused-ring (bicyclic) bond motifs is 10. The van der Waals surface area contributed by atoms with Gasteiger partial charge in [0.05, 0.1) is 22.7 Å². The van der Waals surface area contributed by atoms with Crippen LogP contribution in [0.25, 0.3) is 10.8 Å². The Balaban J connectivity index is 1.09. The van der Waals surface area contributed by atoms with Crippen molar-refractivity contribution in [3.63, 3.8) is 0 Å².